The van der Waals surface area contributed by atoms with Gasteiger partial charge in [-0.15, -0.1) is 0 Å². The molecule has 0 heterocycles. The second-order valence-electron chi connectivity index (χ2n) is 5.91. The van der Waals surface area contributed by atoms with E-state index in [4.69, 9.17) is 15.2 Å². The fraction of sp³-hybridized carbons (Fsp3) is 0.562. The number of nitrogens with one attached hydrogen (secondary N) is 1. The molecule has 0 aliphatic rings. The molecule has 0 aliphatic carbocycles. The van der Waals surface area contributed by atoms with Crippen molar-refractivity contribution in [3.8, 4) is 11.5 Å². The number of hydrogen-bond acceptors (Lipinski definition) is 3. The van der Waals surface area contributed by atoms with Crippen molar-refractivity contribution in [2.24, 2.45) is 10.7 Å². The number of methoxy groups -OCH3 is 1. The van der Waals surface area contributed by atoms with E-state index in [-0.39, 0.29) is 5.54 Å². The number of guanidine groups is 1. The Balaban J connectivity index is 2.74. The topological polar surface area (TPSA) is 68.9 Å². The van der Waals surface area contributed by atoms with Crippen molar-refractivity contribution in [2.75, 3.05) is 13.7 Å². The second-order valence-corrected chi connectivity index (χ2v) is 5.91. The average molecular weight is 293 g/mol. The molecule has 5 heteroatoms. The Morgan fingerprint density at radius 3 is 2.57 bits per heavy atom. The first kappa shape index (κ1) is 17.1. The zero-order chi connectivity index (χ0) is 15.9. The van der Waals surface area contributed by atoms with E-state index < -0.39 is 0 Å². The maximum absolute atomic E-state index is 5.86. The zero-order valence-electron chi connectivity index (χ0n) is 13.7. The summed E-state index contributed by atoms with van der Waals surface area (Å²) in [5.41, 5.74) is 6.79. The van der Waals surface area contributed by atoms with Crippen molar-refractivity contribution in [3.05, 3.63) is 23.8 Å². The number of nitrogens with two attached hydrogens (primary N) is 1. The normalized spacial score (nSPS) is 12.1. The lowest BCUT2D eigenvalue weighted by Gasteiger charge is -2.21. The van der Waals surface area contributed by atoms with E-state index in [1.54, 1.807) is 7.11 Å². The highest BCUT2D eigenvalue weighted by Gasteiger charge is 2.10. The fourth-order valence-corrected chi connectivity index (χ4v) is 1.74. The van der Waals surface area contributed by atoms with E-state index in [1.807, 2.05) is 39.0 Å². The van der Waals surface area contributed by atoms with Crippen LogP contribution in [0.4, 0.5) is 0 Å². The van der Waals surface area contributed by atoms with Gasteiger partial charge in [0.15, 0.2) is 17.5 Å². The third-order valence-corrected chi connectivity index (χ3v) is 2.62. The summed E-state index contributed by atoms with van der Waals surface area (Å²) in [6.45, 7) is 9.37. The lowest BCUT2D eigenvalue weighted by molar-refractivity contribution is 0.294. The van der Waals surface area contributed by atoms with Crippen LogP contribution in [0.1, 0.15) is 39.7 Å². The lowest BCUT2D eigenvalue weighted by Crippen LogP contribution is -2.44. The standard InChI is InChI=1S/C16H27N3O2/c1-6-9-21-13-8-7-12(10-14(13)20-5)11-18-15(17)19-16(2,3)4/h7-8,10H,6,9,11H2,1-5H3,(H3,17,18,19). The number of aliphatic imine (C=N–C) groups is 1. The summed E-state index contributed by atoms with van der Waals surface area (Å²) >= 11 is 0. The largest absolute Gasteiger partial charge is 0.493 e. The summed E-state index contributed by atoms with van der Waals surface area (Å²) in [5, 5.41) is 3.13. The molecule has 118 valence electrons. The Labute approximate surface area is 127 Å². The van der Waals surface area contributed by atoms with Gasteiger partial charge < -0.3 is 20.5 Å². The second kappa shape index (κ2) is 7.76. The Bertz CT molecular complexity index is 479. The molecule has 0 bridgehead atoms. The minimum absolute atomic E-state index is 0.0941. The Morgan fingerprint density at radius 1 is 1.29 bits per heavy atom. The van der Waals surface area contributed by atoms with Crippen molar-refractivity contribution < 1.29 is 9.47 Å². The van der Waals surface area contributed by atoms with E-state index in [2.05, 4.69) is 17.2 Å². The highest BCUT2D eigenvalue weighted by molar-refractivity contribution is 5.78. The Kier molecular flexibility index (Phi) is 6.34. The monoisotopic (exact) mass is 293 g/mol. The highest BCUT2D eigenvalue weighted by atomic mass is 16.5. The first-order valence-electron chi connectivity index (χ1n) is 7.23. The SMILES string of the molecule is CCCOc1ccc(CN=C(N)NC(C)(C)C)cc1OC. The van der Waals surface area contributed by atoms with Gasteiger partial charge >= 0.3 is 0 Å². The Morgan fingerprint density at radius 2 is 2.00 bits per heavy atom. The summed E-state index contributed by atoms with van der Waals surface area (Å²) in [6, 6.07) is 5.81. The van der Waals surface area contributed by atoms with E-state index >= 15 is 0 Å². The minimum Gasteiger partial charge on any atom is -0.493 e. The smallest absolute Gasteiger partial charge is 0.189 e. The maximum Gasteiger partial charge on any atom is 0.189 e. The molecular weight excluding hydrogens is 266 g/mol. The van der Waals surface area contributed by atoms with Gasteiger partial charge in [0, 0.05) is 5.54 Å². The van der Waals surface area contributed by atoms with E-state index in [1.165, 1.54) is 0 Å². The van der Waals surface area contributed by atoms with Crippen molar-refractivity contribution in [1.82, 2.24) is 5.32 Å². The number of nitrogens with zero attached hydrogens (tertiary/aromatic N) is 1. The Hall–Kier alpha value is -1.91. The number of benzene rings is 1. The quantitative estimate of drug-likeness (QED) is 0.625. The van der Waals surface area contributed by atoms with Crippen LogP contribution in [0.3, 0.4) is 0 Å². The third-order valence-electron chi connectivity index (χ3n) is 2.62. The van der Waals surface area contributed by atoms with Crippen LogP contribution in [0.15, 0.2) is 23.2 Å². The molecule has 1 aromatic rings. The van der Waals surface area contributed by atoms with Crippen LogP contribution in [0.25, 0.3) is 0 Å². The molecule has 5 nitrogen and oxygen atoms in total. The summed E-state index contributed by atoms with van der Waals surface area (Å²) in [5.74, 6) is 1.92. The van der Waals surface area contributed by atoms with Gasteiger partial charge in [-0.1, -0.05) is 13.0 Å². The zero-order valence-corrected chi connectivity index (χ0v) is 13.7. The summed E-state index contributed by atoms with van der Waals surface area (Å²) in [6.07, 6.45) is 0.963. The molecule has 1 rings (SSSR count). The number of ether oxygens (including phenoxy) is 2. The predicted molar refractivity (Wildman–Crippen MR) is 87.0 cm³/mol. The molecule has 0 spiro atoms. The summed E-state index contributed by atoms with van der Waals surface area (Å²) in [7, 11) is 1.64. The molecule has 0 atom stereocenters. The van der Waals surface area contributed by atoms with Crippen molar-refractivity contribution in [1.29, 1.82) is 0 Å². The van der Waals surface area contributed by atoms with Crippen LogP contribution in [-0.4, -0.2) is 25.2 Å². The molecule has 0 saturated carbocycles. The van der Waals surface area contributed by atoms with Crippen LogP contribution < -0.4 is 20.5 Å². The van der Waals surface area contributed by atoms with Crippen LogP contribution in [0, 0.1) is 0 Å². The molecule has 0 amide bonds. The van der Waals surface area contributed by atoms with Crippen molar-refractivity contribution in [3.63, 3.8) is 0 Å². The van der Waals surface area contributed by atoms with E-state index in [0.717, 1.165) is 23.5 Å². The highest BCUT2D eigenvalue weighted by Crippen LogP contribution is 2.28. The van der Waals surface area contributed by atoms with Gasteiger partial charge in [0.05, 0.1) is 20.3 Å². The average Bonchev–Trinajstić information content (AvgIpc) is 2.41. The summed E-state index contributed by atoms with van der Waals surface area (Å²) in [4.78, 5) is 4.33. The van der Waals surface area contributed by atoms with Gasteiger partial charge in [-0.3, -0.25) is 0 Å². The molecule has 0 fully saturated rings. The minimum atomic E-state index is -0.0941. The summed E-state index contributed by atoms with van der Waals surface area (Å²) < 4.78 is 11.0. The van der Waals surface area contributed by atoms with Crippen LogP contribution >= 0.6 is 0 Å². The molecular formula is C16H27N3O2. The van der Waals surface area contributed by atoms with Gasteiger partial charge in [-0.2, -0.15) is 0 Å². The molecule has 0 aliphatic heterocycles. The molecule has 0 saturated heterocycles. The molecule has 0 radical (unpaired) electrons. The molecule has 0 aromatic heterocycles. The fourth-order valence-electron chi connectivity index (χ4n) is 1.74. The first-order valence-corrected chi connectivity index (χ1v) is 7.23. The maximum atomic E-state index is 5.86. The van der Waals surface area contributed by atoms with Gasteiger partial charge in [-0.25, -0.2) is 4.99 Å². The molecule has 21 heavy (non-hydrogen) atoms. The van der Waals surface area contributed by atoms with Gasteiger partial charge in [0.2, 0.25) is 0 Å². The first-order chi connectivity index (χ1) is 9.85. The van der Waals surface area contributed by atoms with Crippen LogP contribution in [-0.2, 0) is 6.54 Å². The van der Waals surface area contributed by atoms with Gasteiger partial charge in [-0.05, 0) is 44.9 Å². The molecule has 0 unspecified atom stereocenters. The van der Waals surface area contributed by atoms with Crippen LogP contribution in [0.5, 0.6) is 11.5 Å². The van der Waals surface area contributed by atoms with E-state index in [0.29, 0.717) is 19.1 Å². The predicted octanol–water partition coefficient (Wildman–Crippen LogP) is 2.69. The molecule has 3 N–H and O–H groups in total. The van der Waals surface area contributed by atoms with Crippen LogP contribution in [0.2, 0.25) is 0 Å². The van der Waals surface area contributed by atoms with E-state index in [9.17, 15) is 0 Å². The molecule has 1 aromatic carbocycles. The van der Waals surface area contributed by atoms with Gasteiger partial charge in [0.25, 0.3) is 0 Å². The lowest BCUT2D eigenvalue weighted by atomic mass is 10.1. The van der Waals surface area contributed by atoms with Gasteiger partial charge in [0.1, 0.15) is 0 Å². The number of rotatable bonds is 6. The van der Waals surface area contributed by atoms with Crippen molar-refractivity contribution in [2.45, 2.75) is 46.2 Å². The third kappa shape index (κ3) is 6.38. The number of hydrogen-bond donors (Lipinski definition) is 2. The van der Waals surface area contributed by atoms with Crippen molar-refractivity contribution >= 4 is 5.96 Å².